The number of nitrogens with one attached hydrogen (secondary N) is 2. The van der Waals surface area contributed by atoms with Gasteiger partial charge in [0, 0.05) is 17.6 Å². The SMILES string of the molecule is COc1cc(Cl)c(C)cc1Nc1cnc(C(=O)NCC(C)C)cn1. The average molecular weight is 349 g/mol. The van der Waals surface area contributed by atoms with Crippen LogP contribution in [0.25, 0.3) is 0 Å². The molecule has 0 saturated heterocycles. The standard InChI is InChI=1S/C17H21ClN4O2/c1-10(2)7-21-17(23)14-8-20-16(9-19-14)22-13-5-11(3)12(18)6-15(13)24-4/h5-6,8-10H,7H2,1-4H3,(H,20,22)(H,21,23). The molecular formula is C17H21ClN4O2. The van der Waals surface area contributed by atoms with Gasteiger partial charge in [-0.05, 0) is 24.5 Å². The van der Waals surface area contributed by atoms with Gasteiger partial charge in [0.15, 0.2) is 0 Å². The monoisotopic (exact) mass is 348 g/mol. The number of hydrogen-bond donors (Lipinski definition) is 2. The van der Waals surface area contributed by atoms with Crippen LogP contribution in [0.5, 0.6) is 5.75 Å². The maximum Gasteiger partial charge on any atom is 0.271 e. The van der Waals surface area contributed by atoms with Gasteiger partial charge in [-0.15, -0.1) is 0 Å². The van der Waals surface area contributed by atoms with E-state index in [0.717, 1.165) is 11.3 Å². The molecule has 7 heteroatoms. The predicted octanol–water partition coefficient (Wildman–Crippen LogP) is 3.58. The fourth-order valence-electron chi connectivity index (χ4n) is 1.97. The number of hydrogen-bond acceptors (Lipinski definition) is 5. The summed E-state index contributed by atoms with van der Waals surface area (Å²) in [6.07, 6.45) is 2.95. The first-order valence-corrected chi connectivity index (χ1v) is 8.00. The molecule has 2 rings (SSSR count). The number of methoxy groups -OCH3 is 1. The lowest BCUT2D eigenvalue weighted by molar-refractivity contribution is 0.0943. The Morgan fingerprint density at radius 1 is 1.29 bits per heavy atom. The van der Waals surface area contributed by atoms with Gasteiger partial charge in [-0.2, -0.15) is 0 Å². The van der Waals surface area contributed by atoms with Gasteiger partial charge in [0.25, 0.3) is 5.91 Å². The molecule has 0 unspecified atom stereocenters. The van der Waals surface area contributed by atoms with E-state index >= 15 is 0 Å². The fraction of sp³-hybridized carbons (Fsp3) is 0.353. The maximum atomic E-state index is 11.9. The fourth-order valence-corrected chi connectivity index (χ4v) is 2.12. The van der Waals surface area contributed by atoms with Gasteiger partial charge in [-0.1, -0.05) is 25.4 Å². The zero-order valence-electron chi connectivity index (χ0n) is 14.2. The summed E-state index contributed by atoms with van der Waals surface area (Å²) in [5.74, 6) is 1.26. The first-order chi connectivity index (χ1) is 11.4. The molecular weight excluding hydrogens is 328 g/mol. The summed E-state index contributed by atoms with van der Waals surface area (Å²) in [7, 11) is 1.57. The van der Waals surface area contributed by atoms with Gasteiger partial charge in [0.2, 0.25) is 0 Å². The zero-order chi connectivity index (χ0) is 17.7. The number of aryl methyl sites for hydroxylation is 1. The van der Waals surface area contributed by atoms with Gasteiger partial charge >= 0.3 is 0 Å². The van der Waals surface area contributed by atoms with Crippen molar-refractivity contribution in [1.82, 2.24) is 15.3 Å². The second kappa shape index (κ2) is 7.97. The lowest BCUT2D eigenvalue weighted by atomic mass is 10.2. The van der Waals surface area contributed by atoms with Crippen LogP contribution in [0.15, 0.2) is 24.5 Å². The second-order valence-electron chi connectivity index (χ2n) is 5.82. The molecule has 1 heterocycles. The van der Waals surface area contributed by atoms with E-state index in [4.69, 9.17) is 16.3 Å². The molecule has 0 saturated carbocycles. The number of benzene rings is 1. The van der Waals surface area contributed by atoms with E-state index in [0.29, 0.717) is 29.1 Å². The van der Waals surface area contributed by atoms with Crippen molar-refractivity contribution >= 4 is 29.0 Å². The number of carbonyl (C=O) groups excluding carboxylic acids is 1. The highest BCUT2D eigenvalue weighted by molar-refractivity contribution is 6.31. The number of carbonyl (C=O) groups is 1. The minimum Gasteiger partial charge on any atom is -0.495 e. The number of aromatic nitrogens is 2. The van der Waals surface area contributed by atoms with Crippen molar-refractivity contribution in [2.24, 2.45) is 5.92 Å². The quantitative estimate of drug-likeness (QED) is 0.834. The summed E-state index contributed by atoms with van der Waals surface area (Å²) < 4.78 is 5.31. The average Bonchev–Trinajstić information content (AvgIpc) is 2.56. The molecule has 128 valence electrons. The van der Waals surface area contributed by atoms with Crippen molar-refractivity contribution < 1.29 is 9.53 Å². The smallest absolute Gasteiger partial charge is 0.271 e. The highest BCUT2D eigenvalue weighted by Gasteiger charge is 2.11. The van der Waals surface area contributed by atoms with Crippen molar-refractivity contribution in [3.05, 3.63) is 40.8 Å². The molecule has 0 spiro atoms. The summed E-state index contributed by atoms with van der Waals surface area (Å²) in [6.45, 7) is 6.56. The topological polar surface area (TPSA) is 76.1 Å². The summed E-state index contributed by atoms with van der Waals surface area (Å²) in [4.78, 5) is 20.3. The lowest BCUT2D eigenvalue weighted by Crippen LogP contribution is -2.28. The van der Waals surface area contributed by atoms with Crippen molar-refractivity contribution in [2.75, 3.05) is 19.0 Å². The van der Waals surface area contributed by atoms with Gasteiger partial charge in [-0.3, -0.25) is 4.79 Å². The van der Waals surface area contributed by atoms with Crippen LogP contribution in [0.2, 0.25) is 5.02 Å². The van der Waals surface area contributed by atoms with Gasteiger partial charge < -0.3 is 15.4 Å². The van der Waals surface area contributed by atoms with E-state index in [1.54, 1.807) is 13.2 Å². The van der Waals surface area contributed by atoms with E-state index in [2.05, 4.69) is 20.6 Å². The van der Waals surface area contributed by atoms with Gasteiger partial charge in [0.1, 0.15) is 17.3 Å². The number of anilines is 2. The summed E-state index contributed by atoms with van der Waals surface area (Å²) in [5.41, 5.74) is 1.92. The van der Waals surface area contributed by atoms with Crippen LogP contribution in [-0.2, 0) is 0 Å². The third-order valence-corrected chi connectivity index (χ3v) is 3.71. The molecule has 1 aromatic heterocycles. The van der Waals surface area contributed by atoms with Crippen LogP contribution < -0.4 is 15.4 Å². The molecule has 0 fully saturated rings. The van der Waals surface area contributed by atoms with Crippen LogP contribution in [-0.4, -0.2) is 29.5 Å². The minimum absolute atomic E-state index is 0.234. The Labute approximate surface area is 146 Å². The normalized spacial score (nSPS) is 10.6. The number of nitrogens with zero attached hydrogens (tertiary/aromatic N) is 2. The van der Waals surface area contributed by atoms with Crippen molar-refractivity contribution in [3.8, 4) is 5.75 Å². The number of rotatable bonds is 6. The van der Waals surface area contributed by atoms with Crippen LogP contribution in [0.4, 0.5) is 11.5 Å². The van der Waals surface area contributed by atoms with Crippen LogP contribution >= 0.6 is 11.6 Å². The minimum atomic E-state index is -0.234. The Bertz CT molecular complexity index is 717. The van der Waals surface area contributed by atoms with E-state index in [1.165, 1.54) is 12.4 Å². The molecule has 0 aliphatic rings. The summed E-state index contributed by atoms with van der Waals surface area (Å²) in [6, 6.07) is 3.60. The Hall–Kier alpha value is -2.34. The molecule has 0 aliphatic carbocycles. The summed E-state index contributed by atoms with van der Waals surface area (Å²) in [5, 5.41) is 6.55. The third-order valence-electron chi connectivity index (χ3n) is 3.30. The van der Waals surface area contributed by atoms with E-state index in [9.17, 15) is 4.79 Å². The molecule has 2 aromatic rings. The molecule has 0 radical (unpaired) electrons. The molecule has 24 heavy (non-hydrogen) atoms. The van der Waals surface area contributed by atoms with E-state index in [1.807, 2.05) is 26.8 Å². The Kier molecular flexibility index (Phi) is 5.98. The maximum absolute atomic E-state index is 11.9. The molecule has 0 bridgehead atoms. The molecule has 2 N–H and O–H groups in total. The molecule has 1 amide bonds. The van der Waals surface area contributed by atoms with Crippen LogP contribution in [0, 0.1) is 12.8 Å². The molecule has 0 atom stereocenters. The number of ether oxygens (including phenoxy) is 1. The Balaban J connectivity index is 2.12. The van der Waals surface area contributed by atoms with Crippen molar-refractivity contribution in [1.29, 1.82) is 0 Å². The third kappa shape index (κ3) is 4.58. The highest BCUT2D eigenvalue weighted by Crippen LogP contribution is 2.32. The first kappa shape index (κ1) is 18.0. The van der Waals surface area contributed by atoms with Crippen molar-refractivity contribution in [2.45, 2.75) is 20.8 Å². The molecule has 1 aromatic carbocycles. The molecule has 0 aliphatic heterocycles. The predicted molar refractivity (Wildman–Crippen MR) is 95.2 cm³/mol. The molecule has 6 nitrogen and oxygen atoms in total. The largest absolute Gasteiger partial charge is 0.495 e. The number of halogens is 1. The zero-order valence-corrected chi connectivity index (χ0v) is 14.9. The van der Waals surface area contributed by atoms with Crippen LogP contribution in [0.3, 0.4) is 0 Å². The number of amides is 1. The van der Waals surface area contributed by atoms with Gasteiger partial charge in [-0.25, -0.2) is 9.97 Å². The van der Waals surface area contributed by atoms with Crippen LogP contribution in [0.1, 0.15) is 29.9 Å². The Morgan fingerprint density at radius 3 is 2.62 bits per heavy atom. The van der Waals surface area contributed by atoms with E-state index in [-0.39, 0.29) is 11.6 Å². The van der Waals surface area contributed by atoms with Crippen molar-refractivity contribution in [3.63, 3.8) is 0 Å². The lowest BCUT2D eigenvalue weighted by Gasteiger charge is -2.12. The Morgan fingerprint density at radius 2 is 2.04 bits per heavy atom. The van der Waals surface area contributed by atoms with Gasteiger partial charge in [0.05, 0.1) is 25.2 Å². The second-order valence-corrected chi connectivity index (χ2v) is 6.22. The first-order valence-electron chi connectivity index (χ1n) is 7.62. The highest BCUT2D eigenvalue weighted by atomic mass is 35.5. The summed E-state index contributed by atoms with van der Waals surface area (Å²) >= 11 is 6.09. The van der Waals surface area contributed by atoms with E-state index < -0.39 is 0 Å².